The standard InChI is InChI=1S/C19H11F3N2O2S/c20-19(21,22)15-7-8-23-18(24-15)27-10-12-9-16(25)26-14-6-5-11-3-1-2-4-13(11)17(12)14/h1-9H,10H2. The molecule has 136 valence electrons. The van der Waals surface area contributed by atoms with Gasteiger partial charge in [-0.15, -0.1) is 0 Å². The lowest BCUT2D eigenvalue weighted by Crippen LogP contribution is -2.08. The Labute approximate surface area is 155 Å². The van der Waals surface area contributed by atoms with E-state index in [2.05, 4.69) is 9.97 Å². The summed E-state index contributed by atoms with van der Waals surface area (Å²) in [5.74, 6) is 0.234. The summed E-state index contributed by atoms with van der Waals surface area (Å²) >= 11 is 1.03. The van der Waals surface area contributed by atoms with Crippen molar-refractivity contribution in [2.24, 2.45) is 0 Å². The number of halogens is 3. The normalized spacial score (nSPS) is 12.0. The molecule has 0 saturated heterocycles. The number of thioether (sulfide) groups is 1. The topological polar surface area (TPSA) is 56.0 Å². The van der Waals surface area contributed by atoms with Crippen LogP contribution in [0.5, 0.6) is 0 Å². The number of rotatable bonds is 3. The van der Waals surface area contributed by atoms with Crippen molar-refractivity contribution >= 4 is 33.5 Å². The second-order valence-electron chi connectivity index (χ2n) is 5.76. The molecule has 0 radical (unpaired) electrons. The van der Waals surface area contributed by atoms with Crippen molar-refractivity contribution in [2.75, 3.05) is 0 Å². The molecule has 2 aromatic heterocycles. The largest absolute Gasteiger partial charge is 0.433 e. The number of fused-ring (bicyclic) bond motifs is 3. The van der Waals surface area contributed by atoms with E-state index < -0.39 is 17.5 Å². The van der Waals surface area contributed by atoms with E-state index in [0.717, 1.165) is 40.2 Å². The fourth-order valence-corrected chi connectivity index (χ4v) is 3.66. The fourth-order valence-electron chi connectivity index (χ4n) is 2.84. The van der Waals surface area contributed by atoms with Crippen LogP contribution in [0, 0.1) is 0 Å². The van der Waals surface area contributed by atoms with Crippen LogP contribution in [0.1, 0.15) is 11.3 Å². The molecule has 0 spiro atoms. The third kappa shape index (κ3) is 3.52. The van der Waals surface area contributed by atoms with E-state index in [1.54, 1.807) is 6.07 Å². The summed E-state index contributed by atoms with van der Waals surface area (Å²) in [5, 5.41) is 2.62. The Morgan fingerprint density at radius 1 is 1.07 bits per heavy atom. The molecule has 0 amide bonds. The molecule has 4 aromatic rings. The molecule has 0 fully saturated rings. The predicted octanol–water partition coefficient (Wildman–Crippen LogP) is 5.05. The van der Waals surface area contributed by atoms with Crippen molar-refractivity contribution in [1.82, 2.24) is 9.97 Å². The number of alkyl halides is 3. The zero-order chi connectivity index (χ0) is 19.0. The summed E-state index contributed by atoms with van der Waals surface area (Å²) in [6.07, 6.45) is -3.46. The van der Waals surface area contributed by atoms with Gasteiger partial charge >= 0.3 is 11.8 Å². The highest BCUT2D eigenvalue weighted by molar-refractivity contribution is 7.98. The van der Waals surface area contributed by atoms with Gasteiger partial charge in [0.15, 0.2) is 5.16 Å². The van der Waals surface area contributed by atoms with Gasteiger partial charge in [-0.1, -0.05) is 42.1 Å². The summed E-state index contributed by atoms with van der Waals surface area (Å²) in [4.78, 5) is 19.3. The molecule has 0 aliphatic heterocycles. The quantitative estimate of drug-likeness (QED) is 0.213. The Morgan fingerprint density at radius 2 is 1.89 bits per heavy atom. The minimum absolute atomic E-state index is 0.00791. The van der Waals surface area contributed by atoms with Crippen molar-refractivity contribution in [2.45, 2.75) is 17.1 Å². The Morgan fingerprint density at radius 3 is 2.70 bits per heavy atom. The molecule has 0 saturated carbocycles. The molecule has 0 bridgehead atoms. The van der Waals surface area contributed by atoms with Crippen LogP contribution in [0.25, 0.3) is 21.7 Å². The minimum Gasteiger partial charge on any atom is -0.423 e. The van der Waals surface area contributed by atoms with Crippen molar-refractivity contribution < 1.29 is 17.6 Å². The van der Waals surface area contributed by atoms with Gasteiger partial charge in [0.2, 0.25) is 0 Å². The molecule has 0 aliphatic rings. The average molecular weight is 388 g/mol. The molecule has 2 aromatic carbocycles. The fraction of sp³-hybridized carbons (Fsp3) is 0.105. The van der Waals surface area contributed by atoms with Gasteiger partial charge in [-0.3, -0.25) is 0 Å². The van der Waals surface area contributed by atoms with Crippen molar-refractivity contribution in [3.63, 3.8) is 0 Å². The maximum Gasteiger partial charge on any atom is 0.433 e. The van der Waals surface area contributed by atoms with Gasteiger partial charge < -0.3 is 4.42 Å². The monoisotopic (exact) mass is 388 g/mol. The summed E-state index contributed by atoms with van der Waals surface area (Å²) in [5.41, 5.74) is -0.424. The summed E-state index contributed by atoms with van der Waals surface area (Å²) in [6, 6.07) is 13.4. The predicted molar refractivity (Wildman–Crippen MR) is 96.6 cm³/mol. The first-order valence-electron chi connectivity index (χ1n) is 7.89. The van der Waals surface area contributed by atoms with E-state index in [1.165, 1.54) is 6.07 Å². The van der Waals surface area contributed by atoms with Gasteiger partial charge in [-0.05, 0) is 28.5 Å². The van der Waals surface area contributed by atoms with Crippen molar-refractivity contribution in [1.29, 1.82) is 0 Å². The highest BCUT2D eigenvalue weighted by atomic mass is 32.2. The molecular weight excluding hydrogens is 377 g/mol. The molecule has 0 unspecified atom stereocenters. The lowest BCUT2D eigenvalue weighted by Gasteiger charge is -2.09. The molecule has 0 N–H and O–H groups in total. The first kappa shape index (κ1) is 17.5. The van der Waals surface area contributed by atoms with E-state index in [4.69, 9.17) is 4.42 Å². The zero-order valence-corrected chi connectivity index (χ0v) is 14.5. The number of hydrogen-bond acceptors (Lipinski definition) is 5. The lowest BCUT2D eigenvalue weighted by molar-refractivity contribution is -0.141. The maximum absolute atomic E-state index is 12.8. The van der Waals surface area contributed by atoms with Crippen molar-refractivity contribution in [3.05, 3.63) is 76.4 Å². The van der Waals surface area contributed by atoms with E-state index in [9.17, 15) is 18.0 Å². The first-order chi connectivity index (χ1) is 12.9. The van der Waals surface area contributed by atoms with Crippen LogP contribution < -0.4 is 5.63 Å². The van der Waals surface area contributed by atoms with Crippen LogP contribution in [0.4, 0.5) is 13.2 Å². The first-order valence-corrected chi connectivity index (χ1v) is 8.88. The molecule has 2 heterocycles. The Bertz CT molecular complexity index is 1200. The molecule has 4 nitrogen and oxygen atoms in total. The maximum atomic E-state index is 12.8. The van der Waals surface area contributed by atoms with E-state index in [1.807, 2.05) is 30.3 Å². The highest BCUT2D eigenvalue weighted by Crippen LogP contribution is 2.32. The van der Waals surface area contributed by atoms with Crippen molar-refractivity contribution in [3.8, 4) is 0 Å². The minimum atomic E-state index is -4.53. The third-order valence-corrected chi connectivity index (χ3v) is 4.91. The number of nitrogens with zero attached hydrogens (tertiary/aromatic N) is 2. The smallest absolute Gasteiger partial charge is 0.423 e. The van der Waals surface area contributed by atoms with Crippen LogP contribution in [-0.4, -0.2) is 9.97 Å². The summed E-state index contributed by atoms with van der Waals surface area (Å²) in [6.45, 7) is 0. The lowest BCUT2D eigenvalue weighted by atomic mass is 10.0. The van der Waals surface area contributed by atoms with Gasteiger partial charge in [-0.25, -0.2) is 14.8 Å². The van der Waals surface area contributed by atoms with Gasteiger partial charge in [0.25, 0.3) is 0 Å². The molecular formula is C19H11F3N2O2S. The van der Waals surface area contributed by atoms with E-state index >= 15 is 0 Å². The van der Waals surface area contributed by atoms with Gasteiger partial charge in [0, 0.05) is 23.4 Å². The Hall–Kier alpha value is -2.87. The zero-order valence-electron chi connectivity index (χ0n) is 13.7. The number of benzene rings is 2. The molecule has 0 aliphatic carbocycles. The van der Waals surface area contributed by atoms with Gasteiger partial charge in [0.1, 0.15) is 11.3 Å². The van der Waals surface area contributed by atoms with Crippen LogP contribution in [0.3, 0.4) is 0 Å². The van der Waals surface area contributed by atoms with Crippen LogP contribution in [0.15, 0.2) is 69.1 Å². The SMILES string of the molecule is O=c1cc(CSc2nccc(C(F)(F)F)n2)c2c(ccc3ccccc32)o1. The average Bonchev–Trinajstić information content (AvgIpc) is 2.65. The van der Waals surface area contributed by atoms with E-state index in [-0.39, 0.29) is 10.9 Å². The van der Waals surface area contributed by atoms with E-state index in [0.29, 0.717) is 11.1 Å². The molecule has 27 heavy (non-hydrogen) atoms. The number of aromatic nitrogens is 2. The summed E-state index contributed by atoms with van der Waals surface area (Å²) < 4.78 is 43.7. The van der Waals surface area contributed by atoms with Crippen LogP contribution in [-0.2, 0) is 11.9 Å². The Balaban J connectivity index is 1.76. The van der Waals surface area contributed by atoms with Crippen LogP contribution in [0.2, 0.25) is 0 Å². The molecule has 0 atom stereocenters. The number of hydrogen-bond donors (Lipinski definition) is 0. The molecule has 4 rings (SSSR count). The summed E-state index contributed by atoms with van der Waals surface area (Å²) in [7, 11) is 0. The van der Waals surface area contributed by atoms with Gasteiger partial charge in [-0.2, -0.15) is 13.2 Å². The molecule has 8 heteroatoms. The Kier molecular flexibility index (Phi) is 4.35. The second-order valence-corrected chi connectivity index (χ2v) is 6.70. The van der Waals surface area contributed by atoms with Gasteiger partial charge in [0.05, 0.1) is 0 Å². The third-order valence-electron chi connectivity index (χ3n) is 4.00. The van der Waals surface area contributed by atoms with Crippen LogP contribution >= 0.6 is 11.8 Å². The second kappa shape index (κ2) is 6.70. The highest BCUT2D eigenvalue weighted by Gasteiger charge is 2.32.